The predicted molar refractivity (Wildman–Crippen MR) is 131 cm³/mol. The van der Waals surface area contributed by atoms with Crippen LogP contribution < -0.4 is 10.2 Å². The van der Waals surface area contributed by atoms with E-state index in [4.69, 9.17) is 0 Å². The highest BCUT2D eigenvalue weighted by Crippen LogP contribution is 2.38. The van der Waals surface area contributed by atoms with Gasteiger partial charge >= 0.3 is 12.1 Å². The van der Waals surface area contributed by atoms with Crippen LogP contribution >= 0.6 is 0 Å². The van der Waals surface area contributed by atoms with Crippen LogP contribution in [-0.4, -0.2) is 45.5 Å². The maximum absolute atomic E-state index is 13.6. The molecule has 1 aliphatic rings. The standard InChI is InChI=1S/C26H36N4O3/c1-4-5-6-7-8-15-20-28-25(32)29(22-18-13-10-14-19-22)23(26(28,2)3)30(33)24(31)27-21-16-11-9-12-17-21/h9-14,16-19,23,33H,4-8,15,20H2,1-3H3,(H,27,31). The first-order valence-corrected chi connectivity index (χ1v) is 11.9. The van der Waals surface area contributed by atoms with Crippen molar-refractivity contribution in [2.45, 2.75) is 71.0 Å². The summed E-state index contributed by atoms with van der Waals surface area (Å²) in [6, 6.07) is 17.2. The van der Waals surface area contributed by atoms with Crippen LogP contribution in [0.5, 0.6) is 0 Å². The molecule has 1 atom stereocenters. The van der Waals surface area contributed by atoms with Crippen molar-refractivity contribution in [3.8, 4) is 0 Å². The molecule has 1 unspecified atom stereocenters. The molecule has 0 spiro atoms. The maximum Gasteiger partial charge on any atom is 0.347 e. The molecule has 33 heavy (non-hydrogen) atoms. The van der Waals surface area contributed by atoms with Crippen LogP contribution in [0.3, 0.4) is 0 Å². The average Bonchev–Trinajstić information content (AvgIpc) is 3.01. The van der Waals surface area contributed by atoms with Crippen molar-refractivity contribution in [2.24, 2.45) is 0 Å². The summed E-state index contributed by atoms with van der Waals surface area (Å²) < 4.78 is 0. The molecule has 4 amide bonds. The topological polar surface area (TPSA) is 76.1 Å². The summed E-state index contributed by atoms with van der Waals surface area (Å²) in [5, 5.41) is 14.4. The largest absolute Gasteiger partial charge is 0.347 e. The number of hydrogen-bond donors (Lipinski definition) is 2. The SMILES string of the molecule is CCCCCCCCN1C(=O)N(c2ccccc2)C(N(O)C(=O)Nc2ccccc2)C1(C)C. The molecule has 2 aromatic carbocycles. The number of para-hydroxylation sites is 2. The minimum Gasteiger partial charge on any atom is -0.315 e. The molecule has 0 saturated carbocycles. The molecule has 2 aromatic rings. The number of carbonyl (C=O) groups is 2. The number of nitrogens with zero attached hydrogens (tertiary/aromatic N) is 3. The van der Waals surface area contributed by atoms with Crippen LogP contribution in [0.2, 0.25) is 0 Å². The van der Waals surface area contributed by atoms with E-state index in [1.807, 2.05) is 50.2 Å². The number of urea groups is 2. The number of unbranched alkanes of at least 4 members (excludes halogenated alkanes) is 5. The molecule has 178 valence electrons. The van der Waals surface area contributed by atoms with Crippen molar-refractivity contribution < 1.29 is 14.8 Å². The van der Waals surface area contributed by atoms with Gasteiger partial charge < -0.3 is 10.2 Å². The number of hydroxylamine groups is 2. The first-order valence-electron chi connectivity index (χ1n) is 11.9. The van der Waals surface area contributed by atoms with Crippen LogP contribution in [0.15, 0.2) is 60.7 Å². The Kier molecular flexibility index (Phi) is 8.33. The van der Waals surface area contributed by atoms with Gasteiger partial charge in [-0.05, 0) is 44.5 Å². The highest BCUT2D eigenvalue weighted by atomic mass is 16.5. The minimum atomic E-state index is -0.892. The van der Waals surface area contributed by atoms with E-state index in [-0.39, 0.29) is 6.03 Å². The molecular formula is C26H36N4O3. The van der Waals surface area contributed by atoms with Gasteiger partial charge in [-0.1, -0.05) is 75.4 Å². The van der Waals surface area contributed by atoms with E-state index in [2.05, 4.69) is 12.2 Å². The van der Waals surface area contributed by atoms with E-state index in [0.29, 0.717) is 23.0 Å². The molecule has 7 heteroatoms. The lowest BCUT2D eigenvalue weighted by atomic mass is 9.99. The first kappa shape index (κ1) is 24.6. The van der Waals surface area contributed by atoms with Crippen molar-refractivity contribution in [1.29, 1.82) is 0 Å². The van der Waals surface area contributed by atoms with Gasteiger partial charge in [0.1, 0.15) is 0 Å². The number of hydrogen-bond acceptors (Lipinski definition) is 3. The summed E-state index contributed by atoms with van der Waals surface area (Å²) in [4.78, 5) is 29.8. The quantitative estimate of drug-likeness (QED) is 0.252. The number of amides is 4. The first-order chi connectivity index (χ1) is 15.9. The Bertz CT molecular complexity index is 904. The van der Waals surface area contributed by atoms with E-state index >= 15 is 0 Å². The van der Waals surface area contributed by atoms with Crippen LogP contribution in [0, 0.1) is 0 Å². The van der Waals surface area contributed by atoms with Crippen molar-refractivity contribution >= 4 is 23.4 Å². The number of rotatable bonds is 10. The lowest BCUT2D eigenvalue weighted by Crippen LogP contribution is -2.58. The molecule has 1 aliphatic heterocycles. The Hall–Kier alpha value is -3.06. The lowest BCUT2D eigenvalue weighted by Gasteiger charge is -2.38. The molecule has 3 rings (SSSR count). The monoisotopic (exact) mass is 452 g/mol. The molecule has 0 aliphatic carbocycles. The van der Waals surface area contributed by atoms with E-state index in [0.717, 1.165) is 19.3 Å². The van der Waals surface area contributed by atoms with Crippen LogP contribution in [0.4, 0.5) is 21.0 Å². The van der Waals surface area contributed by atoms with Gasteiger partial charge in [0.25, 0.3) is 0 Å². The van der Waals surface area contributed by atoms with Gasteiger partial charge in [-0.25, -0.2) is 9.59 Å². The van der Waals surface area contributed by atoms with Gasteiger partial charge in [-0.3, -0.25) is 10.1 Å². The molecule has 7 nitrogen and oxygen atoms in total. The second kappa shape index (κ2) is 11.2. The van der Waals surface area contributed by atoms with Gasteiger partial charge in [-0.2, -0.15) is 5.06 Å². The fraction of sp³-hybridized carbons (Fsp3) is 0.462. The zero-order valence-electron chi connectivity index (χ0n) is 19.9. The molecule has 0 radical (unpaired) electrons. The second-order valence-corrected chi connectivity index (χ2v) is 9.08. The average molecular weight is 453 g/mol. The number of carbonyl (C=O) groups excluding carboxylic acids is 2. The predicted octanol–water partition coefficient (Wildman–Crippen LogP) is 6.32. The minimum absolute atomic E-state index is 0.212. The highest BCUT2D eigenvalue weighted by Gasteiger charge is 2.55. The van der Waals surface area contributed by atoms with E-state index in [1.54, 1.807) is 29.2 Å². The summed E-state index contributed by atoms with van der Waals surface area (Å²) in [5.74, 6) is 0. The summed E-state index contributed by atoms with van der Waals surface area (Å²) in [6.45, 7) is 6.56. The van der Waals surface area contributed by atoms with Gasteiger partial charge in [0, 0.05) is 17.9 Å². The third-order valence-electron chi connectivity index (χ3n) is 6.24. The third kappa shape index (κ3) is 5.66. The highest BCUT2D eigenvalue weighted by molar-refractivity contribution is 5.98. The summed E-state index contributed by atoms with van der Waals surface area (Å²) in [7, 11) is 0. The fourth-order valence-electron chi connectivity index (χ4n) is 4.43. The Balaban J connectivity index is 1.81. The molecule has 0 aromatic heterocycles. The lowest BCUT2D eigenvalue weighted by molar-refractivity contribution is -0.0949. The summed E-state index contributed by atoms with van der Waals surface area (Å²) >= 11 is 0. The number of anilines is 2. The smallest absolute Gasteiger partial charge is 0.315 e. The van der Waals surface area contributed by atoms with Crippen molar-refractivity contribution in [3.63, 3.8) is 0 Å². The number of nitrogens with one attached hydrogen (secondary N) is 1. The zero-order valence-corrected chi connectivity index (χ0v) is 19.9. The Morgan fingerprint density at radius 1 is 0.970 bits per heavy atom. The third-order valence-corrected chi connectivity index (χ3v) is 6.24. The van der Waals surface area contributed by atoms with Crippen molar-refractivity contribution in [1.82, 2.24) is 9.96 Å². The van der Waals surface area contributed by atoms with E-state index in [9.17, 15) is 14.8 Å². The molecule has 2 N–H and O–H groups in total. The summed E-state index contributed by atoms with van der Waals surface area (Å²) in [5.41, 5.74) is 0.399. The molecular weight excluding hydrogens is 416 g/mol. The van der Waals surface area contributed by atoms with Gasteiger partial charge in [0.05, 0.1) is 5.54 Å². The Morgan fingerprint density at radius 3 is 2.18 bits per heavy atom. The second-order valence-electron chi connectivity index (χ2n) is 9.08. The van der Waals surface area contributed by atoms with E-state index < -0.39 is 17.7 Å². The van der Waals surface area contributed by atoms with Crippen LogP contribution in [0.25, 0.3) is 0 Å². The Labute approximate surface area is 196 Å². The van der Waals surface area contributed by atoms with Gasteiger partial charge in [0.2, 0.25) is 0 Å². The summed E-state index contributed by atoms with van der Waals surface area (Å²) in [6.07, 6.45) is 5.82. The number of benzene rings is 2. The molecule has 1 saturated heterocycles. The fourth-order valence-corrected chi connectivity index (χ4v) is 4.43. The zero-order chi connectivity index (χ0) is 23.8. The van der Waals surface area contributed by atoms with Crippen molar-refractivity contribution in [3.05, 3.63) is 60.7 Å². The Morgan fingerprint density at radius 2 is 1.55 bits per heavy atom. The normalized spacial score (nSPS) is 17.3. The van der Waals surface area contributed by atoms with Crippen LogP contribution in [0.1, 0.15) is 59.3 Å². The van der Waals surface area contributed by atoms with Crippen LogP contribution in [-0.2, 0) is 0 Å². The van der Waals surface area contributed by atoms with Gasteiger partial charge in [0.15, 0.2) is 6.17 Å². The maximum atomic E-state index is 13.6. The van der Waals surface area contributed by atoms with Gasteiger partial charge in [-0.15, -0.1) is 0 Å². The molecule has 1 heterocycles. The molecule has 1 fully saturated rings. The van der Waals surface area contributed by atoms with Crippen molar-refractivity contribution in [2.75, 3.05) is 16.8 Å². The molecule has 0 bridgehead atoms. The van der Waals surface area contributed by atoms with E-state index in [1.165, 1.54) is 24.2 Å².